The van der Waals surface area contributed by atoms with Crippen LogP contribution in [-0.4, -0.2) is 24.9 Å². The molecule has 29 heavy (non-hydrogen) atoms. The number of carbonyl (C=O) groups excluding carboxylic acids is 1. The summed E-state index contributed by atoms with van der Waals surface area (Å²) in [5, 5.41) is 2.64. The second-order valence-corrected chi connectivity index (χ2v) is 5.98. The number of pyridine rings is 1. The minimum atomic E-state index is -0.637. The quantitative estimate of drug-likeness (QED) is 0.662. The summed E-state index contributed by atoms with van der Waals surface area (Å²) < 4.78 is 24.6. The van der Waals surface area contributed by atoms with Gasteiger partial charge in [0.15, 0.2) is 11.5 Å². The number of methoxy groups -OCH3 is 2. The SMILES string of the molecule is COc1ccc(NC(=O)c2cccn(OCc3cccc(F)c3)c2=O)cc1OC. The molecule has 0 bridgehead atoms. The molecule has 1 N–H and O–H groups in total. The van der Waals surface area contributed by atoms with Gasteiger partial charge in [0.05, 0.1) is 14.2 Å². The molecule has 1 heterocycles. The normalized spacial score (nSPS) is 10.3. The Labute approximate surface area is 166 Å². The summed E-state index contributed by atoms with van der Waals surface area (Å²) in [5.74, 6) is -0.0556. The Balaban J connectivity index is 1.76. The van der Waals surface area contributed by atoms with Gasteiger partial charge in [0.2, 0.25) is 0 Å². The first kappa shape index (κ1) is 19.9. The van der Waals surface area contributed by atoms with Gasteiger partial charge in [0.1, 0.15) is 18.0 Å². The Morgan fingerprint density at radius 3 is 2.55 bits per heavy atom. The topological polar surface area (TPSA) is 78.8 Å². The first-order valence-corrected chi connectivity index (χ1v) is 8.64. The standard InChI is InChI=1S/C21H19FN2O5/c1-27-18-9-8-16(12-19(18)28-2)23-20(25)17-7-4-10-24(21(17)26)29-13-14-5-3-6-15(22)11-14/h3-12H,13H2,1-2H3,(H,23,25). The first-order chi connectivity index (χ1) is 14.0. The molecule has 0 aliphatic heterocycles. The fourth-order valence-corrected chi connectivity index (χ4v) is 2.63. The molecule has 0 aliphatic rings. The van der Waals surface area contributed by atoms with E-state index >= 15 is 0 Å². The fourth-order valence-electron chi connectivity index (χ4n) is 2.63. The summed E-state index contributed by atoms with van der Waals surface area (Å²) in [6.45, 7) is -0.0293. The van der Waals surface area contributed by atoms with E-state index in [1.807, 2.05) is 0 Å². The van der Waals surface area contributed by atoms with Crippen LogP contribution in [0.25, 0.3) is 0 Å². The van der Waals surface area contributed by atoms with Gasteiger partial charge in [0.25, 0.3) is 11.5 Å². The van der Waals surface area contributed by atoms with Crippen molar-refractivity contribution in [3.63, 3.8) is 0 Å². The van der Waals surface area contributed by atoms with Crippen molar-refractivity contribution in [1.29, 1.82) is 0 Å². The molecule has 1 aromatic heterocycles. The van der Waals surface area contributed by atoms with Gasteiger partial charge in [-0.2, -0.15) is 4.73 Å². The molecule has 0 saturated heterocycles. The Morgan fingerprint density at radius 2 is 1.83 bits per heavy atom. The van der Waals surface area contributed by atoms with Crippen molar-refractivity contribution < 1.29 is 23.5 Å². The second kappa shape index (κ2) is 8.92. The summed E-state index contributed by atoms with van der Waals surface area (Å²) in [6, 6.07) is 13.6. The number of anilines is 1. The minimum absolute atomic E-state index is 0.0293. The first-order valence-electron chi connectivity index (χ1n) is 8.64. The maximum atomic E-state index is 13.3. The lowest BCUT2D eigenvalue weighted by atomic mass is 10.2. The van der Waals surface area contributed by atoms with E-state index < -0.39 is 17.3 Å². The molecule has 0 unspecified atom stereocenters. The van der Waals surface area contributed by atoms with Crippen LogP contribution in [0.3, 0.4) is 0 Å². The predicted octanol–water partition coefficient (Wildman–Crippen LogP) is 2.89. The third kappa shape index (κ3) is 4.73. The van der Waals surface area contributed by atoms with Crippen molar-refractivity contribution in [2.45, 2.75) is 6.61 Å². The third-order valence-corrected chi connectivity index (χ3v) is 4.06. The van der Waals surface area contributed by atoms with Crippen molar-refractivity contribution in [3.8, 4) is 11.5 Å². The molecule has 8 heteroatoms. The van der Waals surface area contributed by atoms with Crippen LogP contribution >= 0.6 is 0 Å². The highest BCUT2D eigenvalue weighted by Gasteiger charge is 2.14. The van der Waals surface area contributed by atoms with Crippen LogP contribution in [0.4, 0.5) is 10.1 Å². The number of nitrogens with zero attached hydrogens (tertiary/aromatic N) is 1. The maximum Gasteiger partial charge on any atom is 0.295 e. The average molecular weight is 398 g/mol. The van der Waals surface area contributed by atoms with Gasteiger partial charge in [-0.3, -0.25) is 9.59 Å². The van der Waals surface area contributed by atoms with Crippen LogP contribution in [0.2, 0.25) is 0 Å². The number of hydrogen-bond donors (Lipinski definition) is 1. The van der Waals surface area contributed by atoms with Crippen molar-refractivity contribution in [2.24, 2.45) is 0 Å². The molecule has 2 aromatic carbocycles. The zero-order valence-electron chi connectivity index (χ0n) is 15.8. The van der Waals surface area contributed by atoms with E-state index in [0.29, 0.717) is 22.7 Å². The van der Waals surface area contributed by atoms with Crippen LogP contribution in [-0.2, 0) is 6.61 Å². The van der Waals surface area contributed by atoms with E-state index in [2.05, 4.69) is 5.32 Å². The summed E-state index contributed by atoms with van der Waals surface area (Å²) in [7, 11) is 2.99. The molecular weight excluding hydrogens is 379 g/mol. The summed E-state index contributed by atoms with van der Waals surface area (Å²) in [5.41, 5.74) is 0.239. The zero-order valence-corrected chi connectivity index (χ0v) is 15.8. The number of hydrogen-bond acceptors (Lipinski definition) is 5. The van der Waals surface area contributed by atoms with Crippen LogP contribution in [0.1, 0.15) is 15.9 Å². The average Bonchev–Trinajstić information content (AvgIpc) is 2.73. The number of aromatic nitrogens is 1. The Morgan fingerprint density at radius 1 is 1.03 bits per heavy atom. The highest BCUT2D eigenvalue weighted by atomic mass is 19.1. The zero-order chi connectivity index (χ0) is 20.8. The van der Waals surface area contributed by atoms with Gasteiger partial charge in [-0.15, -0.1) is 0 Å². The second-order valence-electron chi connectivity index (χ2n) is 5.98. The number of benzene rings is 2. The molecule has 150 valence electrons. The number of amides is 1. The lowest BCUT2D eigenvalue weighted by Crippen LogP contribution is -2.32. The Hall–Kier alpha value is -3.81. The lowest BCUT2D eigenvalue weighted by Gasteiger charge is -2.12. The van der Waals surface area contributed by atoms with Gasteiger partial charge in [-0.1, -0.05) is 12.1 Å². The molecule has 0 aliphatic carbocycles. The smallest absolute Gasteiger partial charge is 0.295 e. The number of halogens is 1. The molecule has 0 saturated carbocycles. The highest BCUT2D eigenvalue weighted by molar-refractivity contribution is 6.04. The Bertz CT molecular complexity index is 1080. The predicted molar refractivity (Wildman–Crippen MR) is 105 cm³/mol. The molecule has 0 fully saturated rings. The highest BCUT2D eigenvalue weighted by Crippen LogP contribution is 2.29. The van der Waals surface area contributed by atoms with E-state index in [0.717, 1.165) is 4.73 Å². The molecular formula is C21H19FN2O5. The van der Waals surface area contributed by atoms with Gasteiger partial charge in [-0.05, 0) is 42.0 Å². The number of ether oxygens (including phenoxy) is 2. The lowest BCUT2D eigenvalue weighted by molar-refractivity contribution is 0.0862. The number of carbonyl (C=O) groups is 1. The van der Waals surface area contributed by atoms with Gasteiger partial charge >= 0.3 is 0 Å². The molecule has 1 amide bonds. The van der Waals surface area contributed by atoms with Crippen molar-refractivity contribution in [2.75, 3.05) is 19.5 Å². The summed E-state index contributed by atoms with van der Waals surface area (Å²) >= 11 is 0. The number of rotatable bonds is 7. The molecule has 0 radical (unpaired) electrons. The van der Waals surface area contributed by atoms with Crippen LogP contribution in [0, 0.1) is 5.82 Å². The molecule has 3 aromatic rings. The molecule has 3 rings (SSSR count). The molecule has 7 nitrogen and oxygen atoms in total. The monoisotopic (exact) mass is 398 g/mol. The molecule has 0 spiro atoms. The van der Waals surface area contributed by atoms with Gasteiger partial charge < -0.3 is 19.6 Å². The van der Waals surface area contributed by atoms with E-state index in [-0.39, 0.29) is 12.2 Å². The number of nitrogens with one attached hydrogen (secondary N) is 1. The van der Waals surface area contributed by atoms with Gasteiger partial charge in [-0.25, -0.2) is 4.39 Å². The largest absolute Gasteiger partial charge is 0.493 e. The van der Waals surface area contributed by atoms with E-state index in [9.17, 15) is 14.0 Å². The maximum absolute atomic E-state index is 13.3. The van der Waals surface area contributed by atoms with Gasteiger partial charge in [0, 0.05) is 18.0 Å². The minimum Gasteiger partial charge on any atom is -0.493 e. The fraction of sp³-hybridized carbons (Fsp3) is 0.143. The third-order valence-electron chi connectivity index (χ3n) is 4.06. The summed E-state index contributed by atoms with van der Waals surface area (Å²) in [4.78, 5) is 30.5. The van der Waals surface area contributed by atoms with E-state index in [1.165, 1.54) is 44.7 Å². The van der Waals surface area contributed by atoms with Crippen LogP contribution in [0.5, 0.6) is 11.5 Å². The van der Waals surface area contributed by atoms with Crippen LogP contribution in [0.15, 0.2) is 65.6 Å². The van der Waals surface area contributed by atoms with Crippen molar-refractivity contribution in [1.82, 2.24) is 4.73 Å². The van der Waals surface area contributed by atoms with Crippen molar-refractivity contribution >= 4 is 11.6 Å². The van der Waals surface area contributed by atoms with E-state index in [4.69, 9.17) is 14.3 Å². The van der Waals surface area contributed by atoms with E-state index in [1.54, 1.807) is 30.3 Å². The van der Waals surface area contributed by atoms with Crippen LogP contribution < -0.4 is 25.2 Å². The Kier molecular flexibility index (Phi) is 6.13. The molecule has 0 atom stereocenters. The summed E-state index contributed by atoms with van der Waals surface area (Å²) in [6.07, 6.45) is 1.38. The van der Waals surface area contributed by atoms with Crippen molar-refractivity contribution in [3.05, 3.63) is 88.1 Å².